The van der Waals surface area contributed by atoms with Gasteiger partial charge in [0.05, 0.1) is 38.5 Å². The number of nitrogen functional groups attached to an aromatic ring is 2. The van der Waals surface area contributed by atoms with Crippen LogP contribution in [0.4, 0.5) is 23.4 Å². The van der Waals surface area contributed by atoms with Crippen molar-refractivity contribution in [2.24, 2.45) is 14.1 Å². The van der Waals surface area contributed by atoms with Crippen molar-refractivity contribution in [3.05, 3.63) is 113 Å². The minimum Gasteiger partial charge on any atom is -0.383 e. The molecule has 1 amide bonds. The van der Waals surface area contributed by atoms with Crippen LogP contribution in [0.3, 0.4) is 0 Å². The van der Waals surface area contributed by atoms with Crippen molar-refractivity contribution in [2.75, 3.05) is 32.6 Å². The molecule has 0 radical (unpaired) electrons. The Morgan fingerprint density at radius 1 is 0.843 bits per heavy atom. The van der Waals surface area contributed by atoms with Crippen LogP contribution in [0, 0.1) is 13.8 Å². The fraction of sp³-hybridized carbons (Fsp3) is 0.303. The number of hydrogen-bond acceptors (Lipinski definition) is 11. The number of carbonyl (C=O) groups excluding carboxylic acids is 1. The van der Waals surface area contributed by atoms with E-state index in [1.165, 1.54) is 21.7 Å². The normalized spacial score (nSPS) is 13.4. The van der Waals surface area contributed by atoms with Crippen molar-refractivity contribution in [3.8, 4) is 0 Å². The molecule has 3 aliphatic heterocycles. The first-order valence-corrected chi connectivity index (χ1v) is 15.5. The summed E-state index contributed by atoms with van der Waals surface area (Å²) in [7, 11) is 8.81. The van der Waals surface area contributed by atoms with Gasteiger partial charge in [0.15, 0.2) is 0 Å². The van der Waals surface area contributed by atoms with E-state index in [1.807, 2.05) is 37.2 Å². The van der Waals surface area contributed by atoms with Gasteiger partial charge in [0.2, 0.25) is 12.2 Å². The number of nitrogens with zero attached hydrogens (tertiary/aromatic N) is 9. The Morgan fingerprint density at radius 2 is 1.49 bits per heavy atom. The lowest BCUT2D eigenvalue weighted by Gasteiger charge is -2.16. The Kier molecular flexibility index (Phi) is 13.1. The summed E-state index contributed by atoms with van der Waals surface area (Å²) in [5.74, 6) is 2.47. The molecular weight excluding hydrogens is 658 g/mol. The number of anilines is 2. The third kappa shape index (κ3) is 10.7. The Bertz CT molecular complexity index is 2240. The number of amides is 1. The second-order valence-corrected chi connectivity index (χ2v) is 11.6. The molecule has 7 heterocycles. The molecule has 0 unspecified atom stereocenters. The maximum absolute atomic E-state index is 11.3. The Balaban J connectivity index is 0.000000173. The topological polar surface area (TPSA) is 240 Å². The molecule has 0 saturated carbocycles. The standard InChI is InChI=1S/C7H8N4O.C7H9N4.C7H9NO.C6H8N2O2.C6H8N2O/c1-11-3-2-4-5(11)9-7(8)10-6(4)12;1-11-3-2-5-6(8)9-4-10-7(5)11;1-6-3-4-8(2)7(9)5-6;1-4-3-8(2)6(10)7-5(4)9;1-5-3-4-8(2)6(9)7-5/h3H,2H2,1H3,(H2-,8,9,10,12);3-4H,2H2,1H3,(H2,8,9,10);3-4H,1,5H2,2H3;3H,1-2H3,(H,7,9,10);3-4H,1-2H3/q;+1;;;/p+1. The molecule has 51 heavy (non-hydrogen) atoms. The van der Waals surface area contributed by atoms with Crippen LogP contribution in [0.25, 0.3) is 0 Å². The van der Waals surface area contributed by atoms with Crippen LogP contribution in [0.5, 0.6) is 0 Å². The average Bonchev–Trinajstić information content (AvgIpc) is 3.64. The van der Waals surface area contributed by atoms with Crippen molar-refractivity contribution in [2.45, 2.75) is 33.1 Å². The van der Waals surface area contributed by atoms with Gasteiger partial charge in [0.1, 0.15) is 11.4 Å². The van der Waals surface area contributed by atoms with Crippen LogP contribution >= 0.6 is 0 Å². The molecule has 0 aliphatic carbocycles. The second kappa shape index (κ2) is 17.2. The molecule has 0 spiro atoms. The summed E-state index contributed by atoms with van der Waals surface area (Å²) in [6.07, 6.45) is 14.1. The number of aromatic nitrogens is 8. The maximum atomic E-state index is 11.3. The monoisotopic (exact) mass is 701 g/mol. The van der Waals surface area contributed by atoms with Crippen LogP contribution in [0.2, 0.25) is 0 Å². The molecule has 6 N–H and O–H groups in total. The Labute approximate surface area is 292 Å². The van der Waals surface area contributed by atoms with E-state index in [0.29, 0.717) is 35.6 Å². The smallest absolute Gasteiger partial charge is 0.347 e. The van der Waals surface area contributed by atoms with Crippen LogP contribution in [-0.4, -0.2) is 92.6 Å². The predicted octanol–water partition coefficient (Wildman–Crippen LogP) is -0.399. The summed E-state index contributed by atoms with van der Waals surface area (Å²) < 4.78 is 6.54. The molecule has 18 nitrogen and oxygen atoms in total. The third-order valence-electron chi connectivity index (χ3n) is 7.48. The van der Waals surface area contributed by atoms with Gasteiger partial charge in [0, 0.05) is 63.8 Å². The van der Waals surface area contributed by atoms with Crippen LogP contribution in [-0.2, 0) is 31.7 Å². The number of rotatable bonds is 0. The lowest BCUT2D eigenvalue weighted by atomic mass is 10.1. The average molecular weight is 702 g/mol. The quantitative estimate of drug-likeness (QED) is 0.172. The molecule has 4 aromatic heterocycles. The second-order valence-electron chi connectivity index (χ2n) is 11.6. The fourth-order valence-electron chi connectivity index (χ4n) is 4.44. The van der Waals surface area contributed by atoms with Gasteiger partial charge in [-0.05, 0) is 41.5 Å². The van der Waals surface area contributed by atoms with Gasteiger partial charge in [-0.3, -0.25) is 24.4 Å². The molecule has 0 atom stereocenters. The molecule has 268 valence electrons. The number of nitrogens with two attached hydrogens (primary N) is 2. The highest BCUT2D eigenvalue weighted by Crippen LogP contribution is 2.22. The largest absolute Gasteiger partial charge is 0.383 e. The Morgan fingerprint density at radius 3 is 2.06 bits per heavy atom. The van der Waals surface area contributed by atoms with Gasteiger partial charge < -0.3 is 25.5 Å². The number of aromatic amines is 2. The van der Waals surface area contributed by atoms with Crippen molar-refractivity contribution < 1.29 is 13.9 Å². The first kappa shape index (κ1) is 38.9. The van der Waals surface area contributed by atoms with Crippen molar-refractivity contribution in [1.82, 2.24) is 43.9 Å². The summed E-state index contributed by atoms with van der Waals surface area (Å²) in [5, 5.41) is 0. The van der Waals surface area contributed by atoms with Gasteiger partial charge in [-0.2, -0.15) is 9.97 Å². The predicted molar refractivity (Wildman–Crippen MR) is 194 cm³/mol. The zero-order chi connectivity index (χ0) is 38.0. The zero-order valence-corrected chi connectivity index (χ0v) is 29.7. The van der Waals surface area contributed by atoms with Gasteiger partial charge in [-0.15, -0.1) is 0 Å². The molecule has 18 heteroatoms. The van der Waals surface area contributed by atoms with Crippen LogP contribution in [0.1, 0.15) is 28.8 Å². The van der Waals surface area contributed by atoms with E-state index in [4.69, 9.17) is 11.5 Å². The molecule has 7 rings (SSSR count). The number of carbonyl (C=O) groups is 1. The number of allylic oxidation sites excluding steroid dienone is 1. The van der Waals surface area contributed by atoms with E-state index < -0.39 is 0 Å². The number of nitrogens with one attached hydrogen (secondary N) is 2. The van der Waals surface area contributed by atoms with E-state index in [0.717, 1.165) is 29.1 Å². The molecule has 0 saturated heterocycles. The Hall–Kier alpha value is -6.59. The van der Waals surface area contributed by atoms with Gasteiger partial charge in [-0.1, -0.05) is 6.58 Å². The van der Waals surface area contributed by atoms with Gasteiger partial charge in [0.25, 0.3) is 11.1 Å². The van der Waals surface area contributed by atoms with Crippen molar-refractivity contribution >= 4 is 41.7 Å². The highest BCUT2D eigenvalue weighted by atomic mass is 16.2. The van der Waals surface area contributed by atoms with E-state index in [1.54, 1.807) is 62.9 Å². The van der Waals surface area contributed by atoms with E-state index in [2.05, 4.69) is 36.5 Å². The van der Waals surface area contributed by atoms with Crippen molar-refractivity contribution in [1.29, 1.82) is 0 Å². The number of hydrogen-bond donors (Lipinski definition) is 4. The lowest BCUT2D eigenvalue weighted by Crippen LogP contribution is -2.28. The maximum Gasteiger partial charge on any atom is 0.347 e. The van der Waals surface area contributed by atoms with Gasteiger partial charge >= 0.3 is 29.0 Å². The van der Waals surface area contributed by atoms with E-state index in [9.17, 15) is 24.0 Å². The molecule has 0 bridgehead atoms. The molecule has 4 aromatic rings. The minimum absolute atomic E-state index is 0.113. The van der Waals surface area contributed by atoms with E-state index in [-0.39, 0.29) is 34.4 Å². The summed E-state index contributed by atoms with van der Waals surface area (Å²) in [4.78, 5) is 76.1. The molecule has 0 fully saturated rings. The van der Waals surface area contributed by atoms with Crippen LogP contribution < -0.4 is 34.0 Å². The highest BCUT2D eigenvalue weighted by molar-refractivity contribution is 5.81. The lowest BCUT2D eigenvalue weighted by molar-refractivity contribution is -0.401. The van der Waals surface area contributed by atoms with Crippen LogP contribution in [0.15, 0.2) is 68.4 Å². The number of aryl methyl sites for hydroxylation is 4. The fourth-order valence-corrected chi connectivity index (χ4v) is 4.44. The van der Waals surface area contributed by atoms with Crippen molar-refractivity contribution in [3.63, 3.8) is 0 Å². The summed E-state index contributed by atoms with van der Waals surface area (Å²) in [6.45, 7) is 7.11. The SMILES string of the molecule is C=C1C=CN(C)C(=O)C1.C[N+]1=CCc2c(N)ncnc21.C[N+]1=CCc2c1nc(N)[nH]c2=O.Cc1ccn(C)c(=O)n1.Cc1cn(C)c(=O)[nH]c1=O. The minimum atomic E-state index is -0.379. The first-order chi connectivity index (χ1) is 24.0. The molecule has 0 aromatic carbocycles. The summed E-state index contributed by atoms with van der Waals surface area (Å²) in [5.41, 5.74) is 13.9. The zero-order valence-electron chi connectivity index (χ0n) is 29.7. The number of H-pyrrole nitrogens is 2. The summed E-state index contributed by atoms with van der Waals surface area (Å²) in [6, 6.07) is 1.79. The first-order valence-electron chi connectivity index (χ1n) is 15.5. The molecule has 3 aliphatic rings. The van der Waals surface area contributed by atoms with E-state index >= 15 is 0 Å². The summed E-state index contributed by atoms with van der Waals surface area (Å²) >= 11 is 0. The third-order valence-corrected chi connectivity index (χ3v) is 7.48. The van der Waals surface area contributed by atoms with Gasteiger partial charge in [-0.25, -0.2) is 18.7 Å². The number of fused-ring (bicyclic) bond motifs is 2. The highest BCUT2D eigenvalue weighted by Gasteiger charge is 2.24. The molecular formula is C33H43N13O5+2.